The van der Waals surface area contributed by atoms with Gasteiger partial charge in [-0.15, -0.1) is 0 Å². The Morgan fingerprint density at radius 2 is 1.93 bits per heavy atom. The molecule has 1 unspecified atom stereocenters. The Morgan fingerprint density at radius 1 is 1.17 bits per heavy atom. The van der Waals surface area contributed by atoms with E-state index < -0.39 is 0 Å². The molecular formula is C23H26ClN5O. The summed E-state index contributed by atoms with van der Waals surface area (Å²) in [5.74, 6) is -0.0749. The molecule has 5 rings (SSSR count). The van der Waals surface area contributed by atoms with Crippen LogP contribution < -0.4 is 0 Å². The highest BCUT2D eigenvalue weighted by molar-refractivity contribution is 6.28. The lowest BCUT2D eigenvalue weighted by Crippen LogP contribution is -2.29. The lowest BCUT2D eigenvalue weighted by atomic mass is 9.77. The lowest BCUT2D eigenvalue weighted by molar-refractivity contribution is 0.0820. The highest BCUT2D eigenvalue weighted by Crippen LogP contribution is 2.58. The molecule has 156 valence electrons. The Hall–Kier alpha value is -2.44. The number of carbonyl (C=O) groups excluding carboxylic acids is 1. The molecule has 3 aromatic rings. The first-order valence-electron chi connectivity index (χ1n) is 10.4. The average molecular weight is 424 g/mol. The van der Waals surface area contributed by atoms with Crippen LogP contribution >= 0.6 is 11.6 Å². The van der Waals surface area contributed by atoms with Gasteiger partial charge in [0.1, 0.15) is 11.3 Å². The number of rotatable bonds is 3. The van der Waals surface area contributed by atoms with Crippen LogP contribution in [0.15, 0.2) is 30.5 Å². The molecule has 7 heteroatoms. The molecule has 1 amide bonds. The minimum Gasteiger partial charge on any atom is -0.343 e. The SMILES string of the molecule is CN(C)C(=O)c1cc2cnc(Cl)nc2n1-c1ccc2c(c1)C1(CCC2N(C)C)CC1. The predicted molar refractivity (Wildman–Crippen MR) is 118 cm³/mol. The van der Waals surface area contributed by atoms with E-state index in [4.69, 9.17) is 11.6 Å². The van der Waals surface area contributed by atoms with Gasteiger partial charge in [-0.1, -0.05) is 6.07 Å². The summed E-state index contributed by atoms with van der Waals surface area (Å²) in [4.78, 5) is 25.4. The maximum Gasteiger partial charge on any atom is 0.270 e. The maximum absolute atomic E-state index is 13.0. The molecule has 2 aromatic heterocycles. The first kappa shape index (κ1) is 19.5. The smallest absolute Gasteiger partial charge is 0.270 e. The van der Waals surface area contributed by atoms with Crippen molar-refractivity contribution < 1.29 is 4.79 Å². The third-order valence-corrected chi connectivity index (χ3v) is 6.92. The quantitative estimate of drug-likeness (QED) is 0.592. The minimum atomic E-state index is -0.0749. The number of amides is 1. The average Bonchev–Trinajstić information content (AvgIpc) is 3.39. The summed E-state index contributed by atoms with van der Waals surface area (Å²) in [5, 5.41) is 0.977. The zero-order valence-electron chi connectivity index (χ0n) is 17.8. The first-order chi connectivity index (χ1) is 14.3. The summed E-state index contributed by atoms with van der Waals surface area (Å²) in [6, 6.07) is 8.91. The van der Waals surface area contributed by atoms with Crippen molar-refractivity contribution in [2.45, 2.75) is 37.1 Å². The molecule has 0 bridgehead atoms. The fourth-order valence-electron chi connectivity index (χ4n) is 4.96. The number of aromatic nitrogens is 3. The van der Waals surface area contributed by atoms with Gasteiger partial charge in [-0.05, 0) is 86.1 Å². The number of hydrogen-bond donors (Lipinski definition) is 0. The zero-order chi connectivity index (χ0) is 21.2. The standard InChI is InChI=1S/C23H26ClN5O/c1-27(2)18-7-8-23(9-10-23)17-12-15(5-6-16(17)18)29-19(21(30)28(3)4)11-14-13-25-22(24)26-20(14)29/h5-6,11-13,18H,7-10H2,1-4H3. The van der Waals surface area contributed by atoms with Crippen LogP contribution in [0.1, 0.15) is 53.3 Å². The van der Waals surface area contributed by atoms with Crippen molar-refractivity contribution in [3.8, 4) is 5.69 Å². The van der Waals surface area contributed by atoms with Crippen LogP contribution in [0, 0.1) is 0 Å². The van der Waals surface area contributed by atoms with E-state index in [1.54, 1.807) is 25.2 Å². The van der Waals surface area contributed by atoms with E-state index in [-0.39, 0.29) is 11.2 Å². The van der Waals surface area contributed by atoms with Crippen LogP contribution in [0.5, 0.6) is 0 Å². The number of carbonyl (C=O) groups is 1. The Balaban J connectivity index is 1.74. The van der Waals surface area contributed by atoms with Gasteiger partial charge < -0.3 is 9.80 Å². The Labute approximate surface area is 181 Å². The summed E-state index contributed by atoms with van der Waals surface area (Å²) in [6.45, 7) is 0. The molecule has 1 spiro atoms. The largest absolute Gasteiger partial charge is 0.343 e. The molecule has 1 fully saturated rings. The molecular weight excluding hydrogens is 398 g/mol. The van der Waals surface area contributed by atoms with E-state index in [1.165, 1.54) is 36.8 Å². The number of nitrogens with zero attached hydrogens (tertiary/aromatic N) is 5. The molecule has 30 heavy (non-hydrogen) atoms. The molecule has 0 aliphatic heterocycles. The van der Waals surface area contributed by atoms with Crippen molar-refractivity contribution in [2.24, 2.45) is 0 Å². The van der Waals surface area contributed by atoms with Crippen molar-refractivity contribution in [1.82, 2.24) is 24.3 Å². The van der Waals surface area contributed by atoms with Crippen molar-refractivity contribution in [3.63, 3.8) is 0 Å². The van der Waals surface area contributed by atoms with Crippen LogP contribution in [0.2, 0.25) is 5.28 Å². The third-order valence-electron chi connectivity index (χ3n) is 6.74. The normalized spacial score (nSPS) is 19.3. The summed E-state index contributed by atoms with van der Waals surface area (Å²) in [7, 11) is 7.83. The number of fused-ring (bicyclic) bond motifs is 3. The van der Waals surface area contributed by atoms with Gasteiger partial charge in [0.05, 0.1) is 0 Å². The highest BCUT2D eigenvalue weighted by Gasteiger charge is 2.49. The molecule has 2 aliphatic rings. The van der Waals surface area contributed by atoms with Gasteiger partial charge >= 0.3 is 0 Å². The third kappa shape index (κ3) is 2.93. The van der Waals surface area contributed by atoms with Gasteiger partial charge in [0, 0.05) is 37.4 Å². The molecule has 1 aromatic carbocycles. The summed E-state index contributed by atoms with van der Waals surface area (Å²) >= 11 is 6.12. The number of benzene rings is 1. The molecule has 0 saturated heterocycles. The van der Waals surface area contributed by atoms with Gasteiger partial charge in [-0.25, -0.2) is 4.98 Å². The van der Waals surface area contributed by atoms with Gasteiger partial charge in [0.25, 0.3) is 5.91 Å². The van der Waals surface area contributed by atoms with Crippen LogP contribution in [-0.4, -0.2) is 58.4 Å². The monoisotopic (exact) mass is 423 g/mol. The molecule has 1 atom stereocenters. The van der Waals surface area contributed by atoms with Crippen molar-refractivity contribution in [2.75, 3.05) is 28.2 Å². The van der Waals surface area contributed by atoms with Crippen molar-refractivity contribution in [1.29, 1.82) is 0 Å². The fraction of sp³-hybridized carbons (Fsp3) is 0.435. The second-order valence-electron chi connectivity index (χ2n) is 9.05. The summed E-state index contributed by atoms with van der Waals surface area (Å²) < 4.78 is 1.93. The number of hydrogen-bond acceptors (Lipinski definition) is 4. The van der Waals surface area contributed by atoms with Crippen molar-refractivity contribution in [3.05, 3.63) is 52.6 Å². The van der Waals surface area contributed by atoms with Crippen LogP contribution in [0.3, 0.4) is 0 Å². The van der Waals surface area contributed by atoms with Crippen molar-refractivity contribution >= 4 is 28.5 Å². The lowest BCUT2D eigenvalue weighted by Gasteiger charge is -2.36. The highest BCUT2D eigenvalue weighted by atomic mass is 35.5. The van der Waals surface area contributed by atoms with Gasteiger partial charge in [0.15, 0.2) is 0 Å². The van der Waals surface area contributed by atoms with E-state index in [9.17, 15) is 4.79 Å². The van der Waals surface area contributed by atoms with Crippen LogP contribution in [0.25, 0.3) is 16.7 Å². The molecule has 0 N–H and O–H groups in total. The topological polar surface area (TPSA) is 54.3 Å². The molecule has 1 saturated carbocycles. The Kier molecular flexibility index (Phi) is 4.42. The van der Waals surface area contributed by atoms with E-state index in [0.717, 1.165) is 11.1 Å². The minimum absolute atomic E-state index is 0.0749. The molecule has 2 aliphatic carbocycles. The Bertz CT molecular complexity index is 1160. The number of halogens is 1. The molecule has 2 heterocycles. The predicted octanol–water partition coefficient (Wildman–Crippen LogP) is 4.20. The second-order valence-corrected chi connectivity index (χ2v) is 9.39. The van der Waals surface area contributed by atoms with E-state index >= 15 is 0 Å². The molecule has 6 nitrogen and oxygen atoms in total. The maximum atomic E-state index is 13.0. The summed E-state index contributed by atoms with van der Waals surface area (Å²) in [5.41, 5.74) is 5.32. The molecule has 0 radical (unpaired) electrons. The van der Waals surface area contributed by atoms with E-state index in [0.29, 0.717) is 22.8 Å². The first-order valence-corrected chi connectivity index (χ1v) is 10.8. The van der Waals surface area contributed by atoms with Gasteiger partial charge in [0.2, 0.25) is 5.28 Å². The van der Waals surface area contributed by atoms with E-state index in [1.807, 2.05) is 10.6 Å². The van der Waals surface area contributed by atoms with Gasteiger partial charge in [-0.3, -0.25) is 9.36 Å². The Morgan fingerprint density at radius 3 is 2.60 bits per heavy atom. The van der Waals surface area contributed by atoms with Crippen LogP contribution in [-0.2, 0) is 5.41 Å². The second kappa shape index (κ2) is 6.79. The fourth-order valence-corrected chi connectivity index (χ4v) is 5.09. The summed E-state index contributed by atoms with van der Waals surface area (Å²) in [6.07, 6.45) is 6.58. The zero-order valence-corrected chi connectivity index (χ0v) is 18.6. The van der Waals surface area contributed by atoms with Gasteiger partial charge in [-0.2, -0.15) is 4.98 Å². The van der Waals surface area contributed by atoms with E-state index in [2.05, 4.69) is 47.2 Å². The van der Waals surface area contributed by atoms with Crippen LogP contribution in [0.4, 0.5) is 0 Å².